The van der Waals surface area contributed by atoms with Crippen molar-refractivity contribution in [1.29, 1.82) is 0 Å². The average molecular weight is 256 g/mol. The van der Waals surface area contributed by atoms with Gasteiger partial charge in [-0.1, -0.05) is 15.9 Å². The smallest absolute Gasteiger partial charge is 0.411 e. The Bertz CT molecular complexity index is 317. The first-order valence-electron chi connectivity index (χ1n) is 3.34. The van der Waals surface area contributed by atoms with E-state index in [2.05, 4.69) is 5.32 Å². The summed E-state index contributed by atoms with van der Waals surface area (Å²) in [5.74, 6) is 0. The second-order valence-electron chi connectivity index (χ2n) is 2.37. The molecule has 0 unspecified atom stereocenters. The largest absolute Gasteiger partial charge is 1.00 e. The summed E-state index contributed by atoms with van der Waals surface area (Å²) >= 11 is 15.2. The number of benzene rings is 1. The number of aryl methyl sites for hydroxylation is 1. The van der Waals surface area contributed by atoms with Gasteiger partial charge < -0.3 is 30.2 Å². The van der Waals surface area contributed by atoms with Crippen molar-refractivity contribution in [3.05, 3.63) is 28.8 Å². The number of hydrogen-bond acceptors (Lipinski definition) is 2. The molecule has 0 saturated heterocycles. The molecule has 13 heavy (non-hydrogen) atoms. The van der Waals surface area contributed by atoms with Crippen molar-refractivity contribution in [3.8, 4) is 0 Å². The zero-order valence-electron chi connectivity index (χ0n) is 7.43. The minimum absolute atomic E-state index is 0. The SMILES string of the molecule is Cc1cc(Cl)ccc1NC(=S)[S-].[K+]. The topological polar surface area (TPSA) is 12.0 Å². The molecule has 0 aliphatic heterocycles. The van der Waals surface area contributed by atoms with Gasteiger partial charge in [0.15, 0.2) is 0 Å². The maximum atomic E-state index is 5.77. The van der Waals surface area contributed by atoms with Crippen LogP contribution in [0.25, 0.3) is 0 Å². The standard InChI is InChI=1S/C8H8ClNS2.K/c1-5-4-6(9)2-3-7(5)10-8(11)12;/h2-4H,1H3,(H2,10,11,12);/q;+1/p-1. The molecule has 0 aliphatic carbocycles. The molecule has 1 aromatic rings. The van der Waals surface area contributed by atoms with E-state index in [1.54, 1.807) is 6.07 Å². The second kappa shape index (κ2) is 6.69. The fourth-order valence-corrected chi connectivity index (χ4v) is 1.32. The summed E-state index contributed by atoms with van der Waals surface area (Å²) in [6.07, 6.45) is 0. The molecule has 5 heteroatoms. The van der Waals surface area contributed by atoms with Crippen molar-refractivity contribution >= 4 is 46.5 Å². The summed E-state index contributed by atoms with van der Waals surface area (Å²) in [6.45, 7) is 1.95. The third-order valence-corrected chi connectivity index (χ3v) is 1.86. The molecule has 0 atom stereocenters. The van der Waals surface area contributed by atoms with Crippen LogP contribution in [0.3, 0.4) is 0 Å². The van der Waals surface area contributed by atoms with E-state index in [0.717, 1.165) is 11.3 Å². The predicted molar refractivity (Wildman–Crippen MR) is 59.8 cm³/mol. The molecule has 0 bridgehead atoms. The summed E-state index contributed by atoms with van der Waals surface area (Å²) in [5.41, 5.74) is 1.95. The Morgan fingerprint density at radius 1 is 1.54 bits per heavy atom. The van der Waals surface area contributed by atoms with Crippen LogP contribution < -0.4 is 56.7 Å². The van der Waals surface area contributed by atoms with Gasteiger partial charge in [-0.25, -0.2) is 0 Å². The maximum absolute atomic E-state index is 5.77. The van der Waals surface area contributed by atoms with E-state index >= 15 is 0 Å². The molecule has 0 heterocycles. The van der Waals surface area contributed by atoms with Crippen LogP contribution in [0.4, 0.5) is 5.69 Å². The number of nitrogens with one attached hydrogen (secondary N) is 1. The van der Waals surface area contributed by atoms with Crippen LogP contribution in [0, 0.1) is 6.92 Å². The Kier molecular flexibility index (Phi) is 7.33. The molecule has 1 nitrogen and oxygen atoms in total. The van der Waals surface area contributed by atoms with E-state index in [1.807, 2.05) is 19.1 Å². The zero-order chi connectivity index (χ0) is 9.14. The van der Waals surface area contributed by atoms with Gasteiger partial charge in [-0.2, -0.15) is 0 Å². The van der Waals surface area contributed by atoms with E-state index in [9.17, 15) is 0 Å². The maximum Gasteiger partial charge on any atom is 1.00 e. The van der Waals surface area contributed by atoms with Crippen LogP contribution in [0.15, 0.2) is 18.2 Å². The van der Waals surface area contributed by atoms with Crippen molar-refractivity contribution in [3.63, 3.8) is 0 Å². The quantitative estimate of drug-likeness (QED) is 0.428. The van der Waals surface area contributed by atoms with Crippen molar-refractivity contribution in [2.75, 3.05) is 5.32 Å². The van der Waals surface area contributed by atoms with Crippen molar-refractivity contribution < 1.29 is 51.4 Å². The van der Waals surface area contributed by atoms with Gasteiger partial charge in [-0.05, 0) is 30.7 Å². The van der Waals surface area contributed by atoms with Crippen LogP contribution in [0.1, 0.15) is 5.56 Å². The Balaban J connectivity index is 0.00000144. The number of halogens is 1. The summed E-state index contributed by atoms with van der Waals surface area (Å²) < 4.78 is 0.348. The van der Waals surface area contributed by atoms with E-state index in [1.165, 1.54) is 0 Å². The Hall–Kier alpha value is 1.26. The molecule has 0 aromatic heterocycles. The van der Waals surface area contributed by atoms with Gasteiger partial charge in [0.1, 0.15) is 0 Å². The minimum Gasteiger partial charge on any atom is -0.411 e. The van der Waals surface area contributed by atoms with Gasteiger partial charge in [0.2, 0.25) is 0 Å². The first-order valence-corrected chi connectivity index (χ1v) is 4.53. The van der Waals surface area contributed by atoms with Crippen LogP contribution in [-0.4, -0.2) is 4.32 Å². The van der Waals surface area contributed by atoms with Crippen LogP contribution in [0.2, 0.25) is 5.02 Å². The number of anilines is 1. The molecule has 1 rings (SSSR count). The number of hydrogen-bond donors (Lipinski definition) is 1. The van der Waals surface area contributed by atoms with E-state index in [-0.39, 0.29) is 51.4 Å². The monoisotopic (exact) mass is 255 g/mol. The van der Waals surface area contributed by atoms with Crippen LogP contribution in [-0.2, 0) is 12.6 Å². The van der Waals surface area contributed by atoms with Gasteiger partial charge in [0, 0.05) is 10.7 Å². The molecule has 0 spiro atoms. The molecule has 1 aromatic carbocycles. The van der Waals surface area contributed by atoms with Gasteiger partial charge in [0.05, 0.1) is 0 Å². The van der Waals surface area contributed by atoms with Gasteiger partial charge >= 0.3 is 51.4 Å². The first kappa shape index (κ1) is 14.3. The van der Waals surface area contributed by atoms with Crippen molar-refractivity contribution in [2.45, 2.75) is 6.92 Å². The fraction of sp³-hybridized carbons (Fsp3) is 0.125. The van der Waals surface area contributed by atoms with Gasteiger partial charge in [-0.3, -0.25) is 0 Å². The summed E-state index contributed by atoms with van der Waals surface area (Å²) in [5, 5.41) is 3.60. The molecule has 0 saturated carbocycles. The molecule has 1 N–H and O–H groups in total. The Labute approximate surface area is 136 Å². The molecule has 0 amide bonds. The summed E-state index contributed by atoms with van der Waals surface area (Å²) in [6, 6.07) is 5.51. The predicted octanol–water partition coefficient (Wildman–Crippen LogP) is -0.104. The Morgan fingerprint density at radius 2 is 2.15 bits per heavy atom. The average Bonchev–Trinajstić information content (AvgIpc) is 1.94. The molecule has 0 fully saturated rings. The second-order valence-corrected chi connectivity index (χ2v) is 3.88. The van der Waals surface area contributed by atoms with E-state index in [0.29, 0.717) is 9.34 Å². The minimum atomic E-state index is 0. The summed E-state index contributed by atoms with van der Waals surface area (Å²) in [4.78, 5) is 0. The number of rotatable bonds is 1. The molecule has 64 valence electrons. The molecule has 0 radical (unpaired) electrons. The number of thiocarbonyl (C=S) groups is 1. The zero-order valence-corrected chi connectivity index (χ0v) is 12.9. The van der Waals surface area contributed by atoms with E-state index in [4.69, 9.17) is 36.4 Å². The van der Waals surface area contributed by atoms with Crippen molar-refractivity contribution in [2.24, 2.45) is 0 Å². The normalized spacial score (nSPS) is 8.77. The van der Waals surface area contributed by atoms with Crippen molar-refractivity contribution in [1.82, 2.24) is 0 Å². The van der Waals surface area contributed by atoms with Crippen LogP contribution in [0.5, 0.6) is 0 Å². The Morgan fingerprint density at radius 3 is 2.62 bits per heavy atom. The first-order chi connectivity index (χ1) is 5.59. The van der Waals surface area contributed by atoms with Gasteiger partial charge in [0.25, 0.3) is 0 Å². The third-order valence-electron chi connectivity index (χ3n) is 1.43. The molecule has 0 aliphatic rings. The third kappa shape index (κ3) is 5.04. The van der Waals surface area contributed by atoms with Gasteiger partial charge in [-0.15, -0.1) is 0 Å². The summed E-state index contributed by atoms with van der Waals surface area (Å²) in [7, 11) is 0. The fourth-order valence-electron chi connectivity index (χ4n) is 0.877. The molecular weight excluding hydrogens is 249 g/mol. The van der Waals surface area contributed by atoms with E-state index < -0.39 is 0 Å². The molecular formula is C8H7ClKNS2. The van der Waals surface area contributed by atoms with Crippen LogP contribution >= 0.6 is 23.8 Å².